The number of pyridine rings is 1. The van der Waals surface area contributed by atoms with Crippen LogP contribution in [-0.4, -0.2) is 31.5 Å². The minimum absolute atomic E-state index is 0.0106. The number of rotatable bonds is 9. The highest BCUT2D eigenvalue weighted by Gasteiger charge is 2.27. The second-order valence-electron chi connectivity index (χ2n) is 9.28. The number of hydrogen-bond acceptors (Lipinski definition) is 9. The SMILES string of the molecule is Cc1ccc(OCc2ccc(C(=O)Nc3c(C(N)=O)sc4nc(C(F)F)cc(-c5cn(C)nc5C)c34)o2)c([N+](=O)[O-])c1. The fraction of sp³-hybridized carbons (Fsp3) is 0.185. The number of carbonyl (C=O) groups excluding carboxylic acids is 2. The van der Waals surface area contributed by atoms with E-state index in [9.17, 15) is 28.5 Å². The second kappa shape index (κ2) is 11.0. The van der Waals surface area contributed by atoms with E-state index < -0.39 is 28.9 Å². The summed E-state index contributed by atoms with van der Waals surface area (Å²) in [6, 6.07) is 8.50. The molecule has 0 aliphatic carbocycles. The van der Waals surface area contributed by atoms with Gasteiger partial charge in [0, 0.05) is 30.3 Å². The van der Waals surface area contributed by atoms with Crippen LogP contribution < -0.4 is 15.8 Å². The van der Waals surface area contributed by atoms with Gasteiger partial charge in [-0.15, -0.1) is 11.3 Å². The quantitative estimate of drug-likeness (QED) is 0.162. The Balaban J connectivity index is 1.49. The van der Waals surface area contributed by atoms with Crippen molar-refractivity contribution in [3.63, 3.8) is 0 Å². The summed E-state index contributed by atoms with van der Waals surface area (Å²) in [5.74, 6) is -1.61. The van der Waals surface area contributed by atoms with Crippen LogP contribution in [0.15, 0.2) is 47.0 Å². The molecule has 42 heavy (non-hydrogen) atoms. The molecule has 15 heteroatoms. The van der Waals surface area contributed by atoms with Crippen molar-refractivity contribution >= 4 is 44.7 Å². The van der Waals surface area contributed by atoms with E-state index in [0.29, 0.717) is 16.8 Å². The van der Waals surface area contributed by atoms with Crippen LogP contribution in [0, 0.1) is 24.0 Å². The minimum Gasteiger partial charge on any atom is -0.479 e. The predicted molar refractivity (Wildman–Crippen MR) is 149 cm³/mol. The number of nitro groups is 1. The highest BCUT2D eigenvalue weighted by atomic mass is 32.1. The van der Waals surface area contributed by atoms with Crippen molar-refractivity contribution in [2.24, 2.45) is 12.8 Å². The van der Waals surface area contributed by atoms with Gasteiger partial charge in [0.15, 0.2) is 11.5 Å². The van der Waals surface area contributed by atoms with Gasteiger partial charge >= 0.3 is 5.69 Å². The molecule has 216 valence electrons. The van der Waals surface area contributed by atoms with E-state index in [-0.39, 0.29) is 55.9 Å². The lowest BCUT2D eigenvalue weighted by Crippen LogP contribution is -2.16. The van der Waals surface area contributed by atoms with Gasteiger partial charge in [0.25, 0.3) is 18.2 Å². The fourth-order valence-corrected chi connectivity index (χ4v) is 5.41. The molecule has 0 aliphatic rings. The van der Waals surface area contributed by atoms with E-state index in [4.69, 9.17) is 14.9 Å². The molecule has 0 saturated carbocycles. The Bertz CT molecular complexity index is 1880. The van der Waals surface area contributed by atoms with Crippen LogP contribution in [0.3, 0.4) is 0 Å². The van der Waals surface area contributed by atoms with Crippen molar-refractivity contribution in [3.8, 4) is 16.9 Å². The maximum atomic E-state index is 13.8. The maximum Gasteiger partial charge on any atom is 0.311 e. The number of nitro benzene ring substituents is 1. The molecule has 5 aromatic rings. The van der Waals surface area contributed by atoms with Gasteiger partial charge in [-0.2, -0.15) is 5.10 Å². The van der Waals surface area contributed by atoms with Crippen LogP contribution in [0.25, 0.3) is 21.3 Å². The van der Waals surface area contributed by atoms with Gasteiger partial charge in [0.1, 0.15) is 27.8 Å². The lowest BCUT2D eigenvalue weighted by molar-refractivity contribution is -0.386. The normalized spacial score (nSPS) is 11.3. The predicted octanol–water partition coefficient (Wildman–Crippen LogP) is 5.68. The van der Waals surface area contributed by atoms with E-state index in [2.05, 4.69) is 15.4 Å². The number of primary amides is 1. The molecule has 4 heterocycles. The molecule has 0 aliphatic heterocycles. The third kappa shape index (κ3) is 5.41. The standard InChI is InChI=1S/C27H22F2N6O6S/c1-12-4-6-19(18(8-12)35(38)39)40-11-14-5-7-20(41-14)26(37)32-22-21-15(16-10-34(3)33-13(16)2)9-17(24(28)29)31-27(21)42-23(22)25(30)36/h4-10,24H,11H2,1-3H3,(H2,30,36)(H,32,37). The van der Waals surface area contributed by atoms with E-state index in [0.717, 1.165) is 11.3 Å². The number of thiophene rings is 1. The van der Waals surface area contributed by atoms with Gasteiger partial charge in [0.05, 0.1) is 16.3 Å². The Labute approximate surface area is 239 Å². The molecule has 0 atom stereocenters. The first-order valence-corrected chi connectivity index (χ1v) is 13.1. The molecule has 12 nitrogen and oxygen atoms in total. The first kappa shape index (κ1) is 28.4. The molecule has 0 spiro atoms. The van der Waals surface area contributed by atoms with Crippen LogP contribution in [-0.2, 0) is 13.7 Å². The smallest absolute Gasteiger partial charge is 0.311 e. The first-order valence-electron chi connectivity index (χ1n) is 12.3. The molecule has 3 N–H and O–H groups in total. The number of nitrogens with zero attached hydrogens (tertiary/aromatic N) is 4. The van der Waals surface area contributed by atoms with Crippen molar-refractivity contribution in [3.05, 3.63) is 86.1 Å². The molecule has 0 fully saturated rings. The average molecular weight is 597 g/mol. The fourth-order valence-electron chi connectivity index (χ4n) is 4.39. The summed E-state index contributed by atoms with van der Waals surface area (Å²) >= 11 is 0.771. The topological polar surface area (TPSA) is 168 Å². The van der Waals surface area contributed by atoms with Crippen LogP contribution >= 0.6 is 11.3 Å². The number of amides is 2. The van der Waals surface area contributed by atoms with Gasteiger partial charge in [-0.05, 0) is 49.2 Å². The second-order valence-corrected chi connectivity index (χ2v) is 10.3. The summed E-state index contributed by atoms with van der Waals surface area (Å²) in [5.41, 5.74) is 6.85. The zero-order valence-corrected chi connectivity index (χ0v) is 23.1. The van der Waals surface area contributed by atoms with Crippen molar-refractivity contribution in [2.75, 3.05) is 5.32 Å². The summed E-state index contributed by atoms with van der Waals surface area (Å²) in [4.78, 5) is 40.4. The molecular formula is C27H22F2N6O6S. The number of fused-ring (bicyclic) bond motifs is 1. The number of carbonyl (C=O) groups is 2. The molecular weight excluding hydrogens is 574 g/mol. The number of alkyl halides is 2. The van der Waals surface area contributed by atoms with Gasteiger partial charge < -0.3 is 20.2 Å². The number of halogens is 2. The van der Waals surface area contributed by atoms with E-state index in [1.54, 1.807) is 33.2 Å². The summed E-state index contributed by atoms with van der Waals surface area (Å²) in [6.07, 6.45) is -1.27. The third-order valence-electron chi connectivity index (χ3n) is 6.24. The number of nitrogens with two attached hydrogens (primary N) is 1. The molecule has 0 bridgehead atoms. The lowest BCUT2D eigenvalue weighted by Gasteiger charge is -2.10. The Morgan fingerprint density at radius 2 is 1.98 bits per heavy atom. The van der Waals surface area contributed by atoms with Crippen molar-refractivity contribution in [1.82, 2.24) is 14.8 Å². The number of ether oxygens (including phenoxy) is 1. The molecule has 2 amide bonds. The average Bonchev–Trinajstić information content (AvgIpc) is 3.64. The van der Waals surface area contributed by atoms with E-state index in [1.165, 1.54) is 35.0 Å². The van der Waals surface area contributed by atoms with Crippen LogP contribution in [0.2, 0.25) is 0 Å². The minimum atomic E-state index is -2.90. The Hall–Kier alpha value is -5.18. The Kier molecular flexibility index (Phi) is 7.43. The van der Waals surface area contributed by atoms with Crippen molar-refractivity contribution < 1.29 is 32.4 Å². The van der Waals surface area contributed by atoms with Crippen LogP contribution in [0.4, 0.5) is 20.2 Å². The number of aryl methyl sites for hydroxylation is 3. The van der Waals surface area contributed by atoms with Crippen LogP contribution in [0.1, 0.15) is 49.4 Å². The number of aromatic nitrogens is 3. The van der Waals surface area contributed by atoms with Gasteiger partial charge in [-0.25, -0.2) is 13.8 Å². The maximum absolute atomic E-state index is 13.8. The lowest BCUT2D eigenvalue weighted by atomic mass is 10.0. The Morgan fingerprint density at radius 3 is 2.62 bits per heavy atom. The highest BCUT2D eigenvalue weighted by Crippen LogP contribution is 2.43. The number of nitrogens with one attached hydrogen (secondary N) is 1. The summed E-state index contributed by atoms with van der Waals surface area (Å²) in [6.45, 7) is 3.19. The largest absolute Gasteiger partial charge is 0.479 e. The van der Waals surface area contributed by atoms with Gasteiger partial charge in [-0.1, -0.05) is 6.07 Å². The number of furan rings is 1. The monoisotopic (exact) mass is 596 g/mol. The highest BCUT2D eigenvalue weighted by molar-refractivity contribution is 7.21. The molecule has 0 unspecified atom stereocenters. The third-order valence-corrected chi connectivity index (χ3v) is 7.34. The summed E-state index contributed by atoms with van der Waals surface area (Å²) in [7, 11) is 1.67. The van der Waals surface area contributed by atoms with Crippen LogP contribution in [0.5, 0.6) is 5.75 Å². The summed E-state index contributed by atoms with van der Waals surface area (Å²) in [5, 5.41) is 18.5. The zero-order chi connectivity index (χ0) is 30.3. The Morgan fingerprint density at radius 1 is 1.21 bits per heavy atom. The molecule has 5 rings (SSSR count). The molecule has 0 radical (unpaired) electrons. The van der Waals surface area contributed by atoms with E-state index in [1.807, 2.05) is 0 Å². The number of hydrogen-bond donors (Lipinski definition) is 2. The summed E-state index contributed by atoms with van der Waals surface area (Å²) < 4.78 is 40.2. The van der Waals surface area contributed by atoms with Crippen molar-refractivity contribution in [2.45, 2.75) is 26.9 Å². The zero-order valence-electron chi connectivity index (χ0n) is 22.3. The number of benzene rings is 1. The molecule has 0 saturated heterocycles. The van der Waals surface area contributed by atoms with Gasteiger partial charge in [0.2, 0.25) is 0 Å². The molecule has 1 aromatic carbocycles. The first-order chi connectivity index (χ1) is 19.9. The van der Waals surface area contributed by atoms with Crippen molar-refractivity contribution in [1.29, 1.82) is 0 Å². The molecule has 4 aromatic heterocycles. The number of anilines is 1. The van der Waals surface area contributed by atoms with Gasteiger partial charge in [-0.3, -0.25) is 24.4 Å². The van der Waals surface area contributed by atoms with E-state index >= 15 is 0 Å².